The van der Waals surface area contributed by atoms with Crippen molar-refractivity contribution < 1.29 is 0 Å². The average molecular weight is 257 g/mol. The van der Waals surface area contributed by atoms with Gasteiger partial charge in [0.25, 0.3) is 0 Å². The molecule has 0 spiro atoms. The van der Waals surface area contributed by atoms with E-state index in [0.717, 1.165) is 24.5 Å². The number of rotatable bonds is 4. The van der Waals surface area contributed by atoms with Gasteiger partial charge in [0.15, 0.2) is 0 Å². The van der Waals surface area contributed by atoms with Crippen molar-refractivity contribution in [1.82, 2.24) is 4.98 Å². The molecule has 0 atom stereocenters. The summed E-state index contributed by atoms with van der Waals surface area (Å²) in [6, 6.07) is 8.28. The van der Waals surface area contributed by atoms with E-state index in [1.54, 1.807) is 17.5 Å². The van der Waals surface area contributed by atoms with Crippen LogP contribution < -0.4 is 4.90 Å². The molecule has 0 saturated heterocycles. The molecule has 0 unspecified atom stereocenters. The smallest absolute Gasteiger partial charge is 0.147 e. The van der Waals surface area contributed by atoms with Gasteiger partial charge in [-0.3, -0.25) is 0 Å². The van der Waals surface area contributed by atoms with Crippen molar-refractivity contribution in [2.45, 2.75) is 20.4 Å². The molecule has 2 aromatic heterocycles. The van der Waals surface area contributed by atoms with E-state index in [-0.39, 0.29) is 0 Å². The first-order valence-electron chi connectivity index (χ1n) is 5.89. The summed E-state index contributed by atoms with van der Waals surface area (Å²) in [6.07, 6.45) is 1.77. The van der Waals surface area contributed by atoms with Crippen LogP contribution in [0.25, 0.3) is 0 Å². The van der Waals surface area contributed by atoms with Crippen LogP contribution in [0.2, 0.25) is 0 Å². The molecule has 3 nitrogen and oxygen atoms in total. The topological polar surface area (TPSA) is 39.9 Å². The third-order valence-corrected chi connectivity index (χ3v) is 3.72. The Morgan fingerprint density at radius 3 is 2.89 bits per heavy atom. The van der Waals surface area contributed by atoms with Crippen molar-refractivity contribution in [1.29, 1.82) is 5.26 Å². The molecule has 0 aliphatic heterocycles. The molecular weight excluding hydrogens is 242 g/mol. The van der Waals surface area contributed by atoms with Gasteiger partial charge in [0.2, 0.25) is 0 Å². The zero-order valence-electron chi connectivity index (χ0n) is 10.6. The Labute approximate surface area is 111 Å². The summed E-state index contributed by atoms with van der Waals surface area (Å²) in [6.45, 7) is 5.67. The van der Waals surface area contributed by atoms with Crippen LogP contribution in [0.4, 0.5) is 5.82 Å². The highest BCUT2D eigenvalue weighted by atomic mass is 32.1. The van der Waals surface area contributed by atoms with Crippen molar-refractivity contribution in [3.8, 4) is 6.07 Å². The quantitative estimate of drug-likeness (QED) is 0.843. The molecule has 0 bridgehead atoms. The zero-order valence-corrected chi connectivity index (χ0v) is 11.4. The fourth-order valence-electron chi connectivity index (χ4n) is 1.85. The molecule has 0 radical (unpaired) electrons. The van der Waals surface area contributed by atoms with E-state index < -0.39 is 0 Å². The van der Waals surface area contributed by atoms with Crippen LogP contribution in [-0.2, 0) is 6.54 Å². The summed E-state index contributed by atoms with van der Waals surface area (Å²) in [5, 5.41) is 11.3. The summed E-state index contributed by atoms with van der Waals surface area (Å²) in [4.78, 5) is 7.79. The summed E-state index contributed by atoms with van der Waals surface area (Å²) in [7, 11) is 0. The molecule has 0 aromatic carbocycles. The molecule has 0 amide bonds. The van der Waals surface area contributed by atoms with Crippen LogP contribution in [0, 0.1) is 18.3 Å². The molecular formula is C14H15N3S. The first-order chi connectivity index (χ1) is 8.76. The van der Waals surface area contributed by atoms with Gasteiger partial charge in [-0.2, -0.15) is 5.26 Å². The third kappa shape index (κ3) is 2.52. The molecule has 0 aliphatic rings. The second-order valence-corrected chi connectivity index (χ2v) is 5.06. The van der Waals surface area contributed by atoms with Crippen LogP contribution in [0.5, 0.6) is 0 Å². The standard InChI is InChI=1S/C14H15N3S/c1-3-17(10-12-5-4-8-18-12)14-13(9-15)11(2)6-7-16-14/h4-8H,3,10H2,1-2H3. The monoisotopic (exact) mass is 257 g/mol. The fraction of sp³-hybridized carbons (Fsp3) is 0.286. The number of hydrogen-bond donors (Lipinski definition) is 0. The van der Waals surface area contributed by atoms with E-state index in [0.29, 0.717) is 5.56 Å². The van der Waals surface area contributed by atoms with Gasteiger partial charge in [-0.05, 0) is 36.9 Å². The third-order valence-electron chi connectivity index (χ3n) is 2.86. The Morgan fingerprint density at radius 2 is 2.28 bits per heavy atom. The van der Waals surface area contributed by atoms with Gasteiger partial charge in [0.1, 0.15) is 11.9 Å². The average Bonchev–Trinajstić information content (AvgIpc) is 2.88. The Balaban J connectivity index is 2.33. The number of thiophene rings is 1. The SMILES string of the molecule is CCN(Cc1cccs1)c1nccc(C)c1C#N. The molecule has 4 heteroatoms. The van der Waals surface area contributed by atoms with Crippen molar-refractivity contribution >= 4 is 17.2 Å². The molecule has 2 rings (SSSR count). The highest BCUT2D eigenvalue weighted by molar-refractivity contribution is 7.09. The van der Waals surface area contributed by atoms with Gasteiger partial charge in [-0.1, -0.05) is 6.07 Å². The Kier molecular flexibility index (Phi) is 3.96. The molecule has 0 fully saturated rings. The molecule has 0 saturated carbocycles. The summed E-state index contributed by atoms with van der Waals surface area (Å²) < 4.78 is 0. The van der Waals surface area contributed by atoms with Gasteiger partial charge in [0.05, 0.1) is 12.1 Å². The zero-order chi connectivity index (χ0) is 13.0. The van der Waals surface area contributed by atoms with E-state index in [9.17, 15) is 5.26 Å². The number of nitrogens with zero attached hydrogens (tertiary/aromatic N) is 3. The van der Waals surface area contributed by atoms with E-state index in [4.69, 9.17) is 0 Å². The predicted molar refractivity (Wildman–Crippen MR) is 74.7 cm³/mol. The van der Waals surface area contributed by atoms with Gasteiger partial charge in [-0.15, -0.1) is 11.3 Å². The fourth-order valence-corrected chi connectivity index (χ4v) is 2.57. The molecule has 18 heavy (non-hydrogen) atoms. The minimum absolute atomic E-state index is 0.677. The van der Waals surface area contributed by atoms with E-state index in [1.807, 2.05) is 19.1 Å². The molecule has 0 aliphatic carbocycles. The maximum atomic E-state index is 9.26. The van der Waals surface area contributed by atoms with Crippen molar-refractivity contribution in [2.24, 2.45) is 0 Å². The summed E-state index contributed by atoms with van der Waals surface area (Å²) in [5.74, 6) is 0.786. The Hall–Kier alpha value is -1.86. The number of pyridine rings is 1. The summed E-state index contributed by atoms with van der Waals surface area (Å²) >= 11 is 1.73. The number of hydrogen-bond acceptors (Lipinski definition) is 4. The lowest BCUT2D eigenvalue weighted by molar-refractivity contribution is 0.820. The number of nitriles is 1. The van der Waals surface area contributed by atoms with Crippen molar-refractivity contribution in [3.05, 3.63) is 45.8 Å². The van der Waals surface area contributed by atoms with Gasteiger partial charge in [-0.25, -0.2) is 4.98 Å². The summed E-state index contributed by atoms with van der Waals surface area (Å²) in [5.41, 5.74) is 1.66. The highest BCUT2D eigenvalue weighted by Gasteiger charge is 2.13. The van der Waals surface area contributed by atoms with Crippen LogP contribution in [0.1, 0.15) is 22.9 Å². The number of aryl methyl sites for hydroxylation is 1. The molecule has 92 valence electrons. The largest absolute Gasteiger partial charge is 0.351 e. The van der Waals surface area contributed by atoms with Crippen LogP contribution in [-0.4, -0.2) is 11.5 Å². The maximum absolute atomic E-state index is 9.26. The second kappa shape index (κ2) is 5.65. The van der Waals surface area contributed by atoms with Crippen molar-refractivity contribution in [3.63, 3.8) is 0 Å². The lowest BCUT2D eigenvalue weighted by Gasteiger charge is -2.22. The minimum atomic E-state index is 0.677. The number of anilines is 1. The lowest BCUT2D eigenvalue weighted by Crippen LogP contribution is -2.23. The number of aromatic nitrogens is 1. The van der Waals surface area contributed by atoms with Crippen molar-refractivity contribution in [2.75, 3.05) is 11.4 Å². The van der Waals surface area contributed by atoms with E-state index in [2.05, 4.69) is 34.3 Å². The van der Waals surface area contributed by atoms with Crippen LogP contribution in [0.15, 0.2) is 29.8 Å². The van der Waals surface area contributed by atoms with Crippen LogP contribution >= 0.6 is 11.3 Å². The minimum Gasteiger partial charge on any atom is -0.351 e. The lowest BCUT2D eigenvalue weighted by atomic mass is 10.1. The van der Waals surface area contributed by atoms with Gasteiger partial charge < -0.3 is 4.90 Å². The van der Waals surface area contributed by atoms with E-state index in [1.165, 1.54) is 4.88 Å². The Morgan fingerprint density at radius 1 is 1.44 bits per heavy atom. The molecule has 2 aromatic rings. The molecule has 0 N–H and O–H groups in total. The first kappa shape index (κ1) is 12.6. The second-order valence-electron chi connectivity index (χ2n) is 4.03. The first-order valence-corrected chi connectivity index (χ1v) is 6.77. The molecule has 2 heterocycles. The van der Waals surface area contributed by atoms with Gasteiger partial charge in [0, 0.05) is 17.6 Å². The Bertz CT molecular complexity index is 555. The normalized spacial score (nSPS) is 10.1. The van der Waals surface area contributed by atoms with Gasteiger partial charge >= 0.3 is 0 Å². The van der Waals surface area contributed by atoms with Crippen LogP contribution in [0.3, 0.4) is 0 Å². The highest BCUT2D eigenvalue weighted by Crippen LogP contribution is 2.22. The predicted octanol–water partition coefficient (Wildman–Crippen LogP) is 3.35. The van der Waals surface area contributed by atoms with E-state index >= 15 is 0 Å². The maximum Gasteiger partial charge on any atom is 0.147 e.